The van der Waals surface area contributed by atoms with Crippen LogP contribution in [0.1, 0.15) is 44.5 Å². The summed E-state index contributed by atoms with van der Waals surface area (Å²) in [5.74, 6) is -2.12. The highest BCUT2D eigenvalue weighted by molar-refractivity contribution is 7.18. The van der Waals surface area contributed by atoms with Crippen LogP contribution in [0, 0.1) is 5.82 Å². The van der Waals surface area contributed by atoms with Gasteiger partial charge in [0.05, 0.1) is 26.4 Å². The molecule has 0 spiro atoms. The molecule has 138 valence electrons. The number of carbonyl (C=O) groups is 2. The van der Waals surface area contributed by atoms with Crippen molar-refractivity contribution in [3.63, 3.8) is 0 Å². The van der Waals surface area contributed by atoms with Crippen molar-refractivity contribution in [3.8, 4) is 0 Å². The van der Waals surface area contributed by atoms with E-state index < -0.39 is 17.7 Å². The van der Waals surface area contributed by atoms with Crippen molar-refractivity contribution in [2.24, 2.45) is 0 Å². The molecule has 0 bridgehead atoms. The number of aromatic carboxylic acids is 1. The van der Waals surface area contributed by atoms with E-state index in [1.54, 1.807) is 16.2 Å². The first kappa shape index (κ1) is 17.6. The van der Waals surface area contributed by atoms with E-state index in [9.17, 15) is 14.0 Å². The first-order chi connectivity index (χ1) is 13.0. The minimum Gasteiger partial charge on any atom is -0.478 e. The smallest absolute Gasteiger partial charge is 0.335 e. The largest absolute Gasteiger partial charge is 0.478 e. The zero-order valence-corrected chi connectivity index (χ0v) is 15.2. The van der Waals surface area contributed by atoms with E-state index in [1.165, 1.54) is 12.1 Å². The molecule has 1 saturated heterocycles. The lowest BCUT2D eigenvalue weighted by Crippen LogP contribution is -2.38. The normalized spacial score (nSPS) is 15.2. The van der Waals surface area contributed by atoms with E-state index in [-0.39, 0.29) is 11.1 Å². The Kier molecular flexibility index (Phi) is 4.61. The summed E-state index contributed by atoms with van der Waals surface area (Å²) in [6.07, 6.45) is 1.56. The molecule has 1 aromatic heterocycles. The van der Waals surface area contributed by atoms with Gasteiger partial charge in [0.1, 0.15) is 5.82 Å². The third-order valence-corrected chi connectivity index (χ3v) is 6.09. The van der Waals surface area contributed by atoms with Gasteiger partial charge in [-0.25, -0.2) is 14.2 Å². The topological polar surface area (TPSA) is 70.5 Å². The Labute approximate surface area is 159 Å². The molecular formula is C20H17FN2O3S. The Morgan fingerprint density at radius 1 is 1.15 bits per heavy atom. The number of para-hydroxylation sites is 1. The summed E-state index contributed by atoms with van der Waals surface area (Å²) < 4.78 is 15.3. The van der Waals surface area contributed by atoms with E-state index in [0.717, 1.165) is 34.1 Å². The van der Waals surface area contributed by atoms with Crippen molar-refractivity contribution in [1.82, 2.24) is 9.88 Å². The van der Waals surface area contributed by atoms with E-state index in [0.29, 0.717) is 19.0 Å². The maximum atomic E-state index is 14.2. The number of amides is 1. The molecule has 3 aromatic rings. The average molecular weight is 384 g/mol. The molecule has 0 unspecified atom stereocenters. The second kappa shape index (κ2) is 7.08. The average Bonchev–Trinajstić information content (AvgIpc) is 3.11. The van der Waals surface area contributed by atoms with Gasteiger partial charge in [0, 0.05) is 19.0 Å². The highest BCUT2D eigenvalue weighted by Crippen LogP contribution is 2.34. The number of halogens is 1. The number of benzene rings is 2. The van der Waals surface area contributed by atoms with Gasteiger partial charge in [-0.2, -0.15) is 0 Å². The highest BCUT2D eigenvalue weighted by atomic mass is 32.1. The Morgan fingerprint density at radius 3 is 2.56 bits per heavy atom. The van der Waals surface area contributed by atoms with E-state index in [1.807, 2.05) is 18.2 Å². The third-order valence-electron chi connectivity index (χ3n) is 4.89. The molecule has 0 radical (unpaired) electrons. The van der Waals surface area contributed by atoms with Crippen molar-refractivity contribution < 1.29 is 19.1 Å². The fourth-order valence-corrected chi connectivity index (χ4v) is 4.52. The molecule has 1 N–H and O–H groups in total. The number of nitrogens with zero attached hydrogens (tertiary/aromatic N) is 2. The van der Waals surface area contributed by atoms with Crippen LogP contribution in [0.15, 0.2) is 42.5 Å². The predicted octanol–water partition coefficient (Wildman–Crippen LogP) is 4.15. The van der Waals surface area contributed by atoms with E-state index in [2.05, 4.69) is 6.07 Å². The number of thiazole rings is 1. The first-order valence-corrected chi connectivity index (χ1v) is 9.52. The number of carboxylic acid groups (broad SMARTS) is 1. The minimum absolute atomic E-state index is 0.0848. The van der Waals surface area contributed by atoms with Crippen molar-refractivity contribution in [1.29, 1.82) is 0 Å². The van der Waals surface area contributed by atoms with Gasteiger partial charge in [0.15, 0.2) is 0 Å². The zero-order valence-electron chi connectivity index (χ0n) is 14.4. The number of carbonyl (C=O) groups excluding carboxylic acids is 1. The Balaban J connectivity index is 1.45. The number of piperidine rings is 1. The standard InChI is InChI=1S/C20H17FN2O3S/c21-15-11-13(20(25)26)5-6-14(15)19(24)23-9-7-12(8-10-23)18-22-16-3-1-2-4-17(16)27-18/h1-6,11-12H,7-10H2,(H,25,26). The van der Waals surface area contributed by atoms with E-state index >= 15 is 0 Å². The predicted molar refractivity (Wildman–Crippen MR) is 101 cm³/mol. The lowest BCUT2D eigenvalue weighted by atomic mass is 9.97. The quantitative estimate of drug-likeness (QED) is 0.736. The number of hydrogen-bond acceptors (Lipinski definition) is 4. The Hall–Kier alpha value is -2.80. The molecular weight excluding hydrogens is 367 g/mol. The molecule has 0 saturated carbocycles. The summed E-state index contributed by atoms with van der Waals surface area (Å²) in [6, 6.07) is 11.4. The van der Waals surface area contributed by atoms with Crippen LogP contribution >= 0.6 is 11.3 Å². The molecule has 1 aliphatic rings. The Bertz CT molecular complexity index is 992. The maximum Gasteiger partial charge on any atom is 0.335 e. The van der Waals surface area contributed by atoms with Gasteiger partial charge < -0.3 is 10.0 Å². The highest BCUT2D eigenvalue weighted by Gasteiger charge is 2.28. The van der Waals surface area contributed by atoms with Crippen LogP contribution in [-0.2, 0) is 0 Å². The van der Waals surface area contributed by atoms with Crippen molar-refractivity contribution in [2.45, 2.75) is 18.8 Å². The van der Waals surface area contributed by atoms with Gasteiger partial charge in [-0.05, 0) is 43.2 Å². The van der Waals surface area contributed by atoms with Crippen molar-refractivity contribution in [2.75, 3.05) is 13.1 Å². The van der Waals surface area contributed by atoms with Crippen LogP contribution in [0.5, 0.6) is 0 Å². The second-order valence-corrected chi connectivity index (χ2v) is 7.65. The molecule has 0 aliphatic carbocycles. The zero-order chi connectivity index (χ0) is 19.0. The lowest BCUT2D eigenvalue weighted by molar-refractivity contribution is 0.0686. The van der Waals surface area contributed by atoms with Crippen LogP contribution in [0.25, 0.3) is 10.2 Å². The Morgan fingerprint density at radius 2 is 1.89 bits per heavy atom. The molecule has 2 heterocycles. The molecule has 1 fully saturated rings. The molecule has 4 rings (SSSR count). The number of aromatic nitrogens is 1. The fourth-order valence-electron chi connectivity index (χ4n) is 3.39. The summed E-state index contributed by atoms with van der Waals surface area (Å²) in [6.45, 7) is 1.05. The number of hydrogen-bond donors (Lipinski definition) is 1. The van der Waals surface area contributed by atoms with Crippen molar-refractivity contribution >= 4 is 33.4 Å². The van der Waals surface area contributed by atoms with Gasteiger partial charge >= 0.3 is 5.97 Å². The SMILES string of the molecule is O=C(O)c1ccc(C(=O)N2CCC(c3nc4ccccc4s3)CC2)c(F)c1. The summed E-state index contributed by atoms with van der Waals surface area (Å²) >= 11 is 1.69. The molecule has 0 atom stereocenters. The summed E-state index contributed by atoms with van der Waals surface area (Å²) in [4.78, 5) is 29.8. The van der Waals surface area contributed by atoms with Gasteiger partial charge in [-0.3, -0.25) is 4.79 Å². The fraction of sp³-hybridized carbons (Fsp3) is 0.250. The van der Waals surface area contributed by atoms with Crippen LogP contribution in [0.2, 0.25) is 0 Å². The minimum atomic E-state index is -1.22. The summed E-state index contributed by atoms with van der Waals surface area (Å²) in [7, 11) is 0. The molecule has 1 amide bonds. The molecule has 27 heavy (non-hydrogen) atoms. The second-order valence-electron chi connectivity index (χ2n) is 6.59. The van der Waals surface area contributed by atoms with E-state index in [4.69, 9.17) is 10.1 Å². The van der Waals surface area contributed by atoms with Crippen molar-refractivity contribution in [3.05, 3.63) is 64.4 Å². The van der Waals surface area contributed by atoms with Crippen LogP contribution in [-0.4, -0.2) is 40.0 Å². The monoisotopic (exact) mass is 384 g/mol. The third kappa shape index (κ3) is 3.42. The van der Waals surface area contributed by atoms with Crippen LogP contribution in [0.4, 0.5) is 4.39 Å². The summed E-state index contributed by atoms with van der Waals surface area (Å²) in [5, 5.41) is 9.99. The number of likely N-dealkylation sites (tertiary alicyclic amines) is 1. The molecule has 1 aliphatic heterocycles. The molecule has 2 aromatic carbocycles. The molecule has 5 nitrogen and oxygen atoms in total. The van der Waals surface area contributed by atoms with Crippen LogP contribution in [0.3, 0.4) is 0 Å². The number of carboxylic acids is 1. The molecule has 7 heteroatoms. The number of fused-ring (bicyclic) bond motifs is 1. The van der Waals surface area contributed by atoms with Crippen LogP contribution < -0.4 is 0 Å². The first-order valence-electron chi connectivity index (χ1n) is 8.70. The number of rotatable bonds is 3. The lowest BCUT2D eigenvalue weighted by Gasteiger charge is -2.31. The van der Waals surface area contributed by atoms with Gasteiger partial charge in [-0.15, -0.1) is 11.3 Å². The summed E-state index contributed by atoms with van der Waals surface area (Å²) in [5.41, 5.74) is 0.744. The van der Waals surface area contributed by atoms with Gasteiger partial charge in [0.25, 0.3) is 5.91 Å². The maximum absolute atomic E-state index is 14.2. The van der Waals surface area contributed by atoms with Gasteiger partial charge in [0.2, 0.25) is 0 Å². The van der Waals surface area contributed by atoms with Gasteiger partial charge in [-0.1, -0.05) is 12.1 Å².